The number of fused-ring (bicyclic) bond motifs is 2. The third-order valence-corrected chi connectivity index (χ3v) is 27.9. The summed E-state index contributed by atoms with van der Waals surface area (Å²) in [6.45, 7) is 0. The van der Waals surface area contributed by atoms with Gasteiger partial charge in [-0.2, -0.15) is 20.4 Å². The number of hydrogen-bond acceptors (Lipinski definition) is 12. The monoisotopic (exact) mass is 2140 g/mol. The Bertz CT molecular complexity index is 4970. The van der Waals surface area contributed by atoms with Crippen LogP contribution in [0.3, 0.4) is 0 Å². The van der Waals surface area contributed by atoms with Gasteiger partial charge < -0.3 is 0 Å². The number of benzene rings is 8. The number of aromatic nitrogens is 16. The van der Waals surface area contributed by atoms with Gasteiger partial charge >= 0.3 is 0 Å². The van der Waals surface area contributed by atoms with Crippen molar-refractivity contribution in [3.05, 3.63) is 194 Å². The van der Waals surface area contributed by atoms with Crippen molar-refractivity contribution < 1.29 is 80.4 Å². The van der Waals surface area contributed by atoms with Crippen molar-refractivity contribution in [3.8, 4) is 67.8 Å². The van der Waals surface area contributed by atoms with Crippen molar-refractivity contribution >= 4 is 21.5 Å². The summed E-state index contributed by atoms with van der Waals surface area (Å²) < 4.78 is 8.61. The van der Waals surface area contributed by atoms with Crippen LogP contribution in [0.2, 0.25) is 0 Å². The minimum Gasteiger partial charge on any atom is -0.262 e. The average molecular weight is 2140 g/mol. The zero-order valence-electron chi connectivity index (χ0n) is 60.4. The smallest absolute Gasteiger partial charge is 0.0991 e. The maximum atomic E-state index is 4.50. The SMILES string of the molecule is [Ir].[Ir].[Ir].[Ir].[c-]1cc(-c2ccccc2)ccc1-c1nnnn1C1C2CC3CC(C2)CC1C3.[c-]1cc2ccccc2cc1-c1nnnn1C12CC3CC(CC(C3)C1)C2.[c-]1cc2ccccc2cc1-c1nnnn1C1C2CC3CC(C2)CC1C3.[c-]1ccc(-c2ccccc2)cc1-c1nnnn1C1C2CC3CC(C2)CC1C3. The molecule has 0 aliphatic heterocycles. The summed E-state index contributed by atoms with van der Waals surface area (Å²) in [5, 5.41) is 56.6. The van der Waals surface area contributed by atoms with Gasteiger partial charge in [0.05, 0.1) is 47.0 Å². The Morgan fingerprint density at radius 2 is 0.620 bits per heavy atom. The molecule has 560 valence electrons. The fourth-order valence-electron chi connectivity index (χ4n) is 24.9. The summed E-state index contributed by atoms with van der Waals surface area (Å²) in [5.41, 5.74) is 8.94. The van der Waals surface area contributed by atoms with Crippen molar-refractivity contribution in [1.82, 2.24) is 80.8 Å². The van der Waals surface area contributed by atoms with E-state index in [1.165, 1.54) is 179 Å². The van der Waals surface area contributed by atoms with Crippen LogP contribution in [0.1, 0.15) is 153 Å². The zero-order chi connectivity index (χ0) is 68.4. The molecule has 108 heavy (non-hydrogen) atoms. The third kappa shape index (κ3) is 13.9. The molecular formula is C88H88Ir4N16-4. The van der Waals surface area contributed by atoms with Crippen molar-refractivity contribution in [2.24, 2.45) is 88.8 Å². The number of rotatable bonds is 10. The first-order valence-corrected chi connectivity index (χ1v) is 39.4. The molecule has 16 saturated carbocycles. The van der Waals surface area contributed by atoms with E-state index in [4.69, 9.17) is 0 Å². The standard InChI is InChI=1S/2C23H23N4.2C21H21N4.4Ir/c1-2-5-17(6-3-1)18-7-4-8-19(14-18)23-24-25-26-27(23)22-20-10-15-9-16(12-20)13-21(22)11-15;1-2-4-17(5-3-1)18-6-8-19(9-7-18)23-24-25-26-27(23)22-20-11-15-10-16(13-20)14-21(22)12-15;1-2-4-18-10-19(6-5-17(18)3-1)20-22-23-24-25(20)21-11-14-7-15(12-21)9-16(8-14)13-21;1-2-4-16-12-17(6-5-15(16)3-1)21-22-23-24-25(21)20-18-8-13-7-14(10-18)11-19(20)9-13;;;;/h1-7,14-16,20-22H,9-13H2;1-8,15-16,20-22H,10-14H2;1-5,10,14-16H,7-9,11-13H2;1-5,12-14,18-20H,7-11H2;;;;/q4*-1;;;;. The molecule has 16 aliphatic carbocycles. The van der Waals surface area contributed by atoms with Gasteiger partial charge in [0.25, 0.3) is 0 Å². The molecule has 0 unspecified atom stereocenters. The summed E-state index contributed by atoms with van der Waals surface area (Å²) in [6.07, 6.45) is 28.9. The van der Waals surface area contributed by atoms with E-state index in [0.717, 1.165) is 134 Å². The molecule has 16 bridgehead atoms. The van der Waals surface area contributed by atoms with Crippen molar-refractivity contribution in [3.63, 3.8) is 0 Å². The second kappa shape index (κ2) is 31.0. The number of nitrogens with zero attached hydrogens (tertiary/aromatic N) is 16. The van der Waals surface area contributed by atoms with Crippen molar-refractivity contribution in [2.75, 3.05) is 0 Å². The van der Waals surface area contributed by atoms with Crippen LogP contribution in [-0.2, 0) is 86.0 Å². The first-order valence-electron chi connectivity index (χ1n) is 39.4. The number of tetrazole rings is 4. The first kappa shape index (κ1) is 73.9. The summed E-state index contributed by atoms with van der Waals surface area (Å²) in [6, 6.07) is 73.9. The van der Waals surface area contributed by atoms with Crippen LogP contribution < -0.4 is 0 Å². The molecule has 28 rings (SSSR count). The molecule has 16 aliphatic rings. The van der Waals surface area contributed by atoms with E-state index in [1.807, 2.05) is 18.2 Å². The average Bonchev–Trinajstić information content (AvgIpc) is 1.25. The predicted molar refractivity (Wildman–Crippen MR) is 399 cm³/mol. The van der Waals surface area contributed by atoms with E-state index >= 15 is 0 Å². The second-order valence-corrected chi connectivity index (χ2v) is 34.3. The molecule has 4 aromatic heterocycles. The Labute approximate surface area is 686 Å². The van der Waals surface area contributed by atoms with Gasteiger partial charge in [-0.3, -0.25) is 18.7 Å². The van der Waals surface area contributed by atoms with Gasteiger partial charge in [0, 0.05) is 80.4 Å². The minimum atomic E-state index is 0. The molecule has 12 aromatic rings. The fourth-order valence-corrected chi connectivity index (χ4v) is 24.9. The van der Waals surface area contributed by atoms with Gasteiger partial charge in [-0.25, -0.2) is 0 Å². The fraction of sp³-hybridized carbons (Fsp3) is 0.455. The molecule has 0 saturated heterocycles. The molecule has 0 N–H and O–H groups in total. The topological polar surface area (TPSA) is 174 Å². The molecule has 0 amide bonds. The Morgan fingerprint density at radius 3 is 1.04 bits per heavy atom. The molecule has 8 aromatic carbocycles. The second-order valence-electron chi connectivity index (χ2n) is 34.3. The van der Waals surface area contributed by atoms with E-state index in [-0.39, 0.29) is 86.0 Å². The van der Waals surface area contributed by atoms with E-state index in [0.29, 0.717) is 18.1 Å². The van der Waals surface area contributed by atoms with Gasteiger partial charge in [0.2, 0.25) is 0 Å². The summed E-state index contributed by atoms with van der Waals surface area (Å²) in [5.74, 6) is 16.5. The Hall–Kier alpha value is -6.84. The van der Waals surface area contributed by atoms with Gasteiger partial charge in [-0.15, -0.1) is 124 Å². The largest absolute Gasteiger partial charge is 0.262 e. The molecule has 16 fully saturated rings. The molecule has 4 heterocycles. The normalized spacial score (nSPS) is 31.0. The Kier molecular flexibility index (Phi) is 21.2. The summed E-state index contributed by atoms with van der Waals surface area (Å²) in [4.78, 5) is 0. The minimum absolute atomic E-state index is 0. The molecule has 20 heteroatoms. The summed E-state index contributed by atoms with van der Waals surface area (Å²) in [7, 11) is 0. The molecule has 0 atom stereocenters. The van der Waals surface area contributed by atoms with Crippen LogP contribution >= 0.6 is 0 Å². The van der Waals surface area contributed by atoms with Crippen LogP contribution in [0.4, 0.5) is 0 Å². The maximum absolute atomic E-state index is 4.50. The van der Waals surface area contributed by atoms with Crippen LogP contribution in [0, 0.1) is 113 Å². The molecule has 0 spiro atoms. The maximum Gasteiger partial charge on any atom is 0.0991 e. The number of hydrogen-bond donors (Lipinski definition) is 0. The van der Waals surface area contributed by atoms with Crippen molar-refractivity contribution in [2.45, 2.75) is 159 Å². The molecular weight excluding hydrogens is 2050 g/mol. The Balaban J connectivity index is 0.000000104. The van der Waals surface area contributed by atoms with Gasteiger partial charge in [-0.05, 0) is 250 Å². The van der Waals surface area contributed by atoms with Gasteiger partial charge in [0.15, 0.2) is 0 Å². The van der Waals surface area contributed by atoms with Crippen LogP contribution in [0.25, 0.3) is 89.4 Å². The van der Waals surface area contributed by atoms with E-state index in [1.54, 1.807) is 0 Å². The quantitative estimate of drug-likeness (QED) is 0.119. The van der Waals surface area contributed by atoms with Crippen LogP contribution in [0.15, 0.2) is 170 Å². The van der Waals surface area contributed by atoms with E-state index < -0.39 is 0 Å². The van der Waals surface area contributed by atoms with Gasteiger partial charge in [-0.1, -0.05) is 152 Å². The predicted octanol–water partition coefficient (Wildman–Crippen LogP) is 18.1. The van der Waals surface area contributed by atoms with Crippen LogP contribution in [-0.4, -0.2) is 80.8 Å². The Morgan fingerprint density at radius 1 is 0.278 bits per heavy atom. The molecule has 4 radical (unpaired) electrons. The van der Waals surface area contributed by atoms with E-state index in [9.17, 15) is 0 Å². The van der Waals surface area contributed by atoms with E-state index in [2.05, 4.69) is 257 Å². The molecule has 16 nitrogen and oxygen atoms in total. The zero-order valence-corrected chi connectivity index (χ0v) is 70.0. The third-order valence-electron chi connectivity index (χ3n) is 27.9. The van der Waals surface area contributed by atoms with Gasteiger partial charge in [0.1, 0.15) is 0 Å². The van der Waals surface area contributed by atoms with Crippen molar-refractivity contribution in [1.29, 1.82) is 0 Å². The first-order chi connectivity index (χ1) is 51.3. The summed E-state index contributed by atoms with van der Waals surface area (Å²) >= 11 is 0. The van der Waals surface area contributed by atoms with Crippen LogP contribution in [0.5, 0.6) is 0 Å².